The van der Waals surface area contributed by atoms with Gasteiger partial charge in [-0.05, 0) is 91.9 Å². The van der Waals surface area contributed by atoms with Crippen molar-refractivity contribution in [1.29, 1.82) is 0 Å². The molecule has 9 aromatic rings. The van der Waals surface area contributed by atoms with Gasteiger partial charge in [-0.2, -0.15) is 0 Å². The van der Waals surface area contributed by atoms with E-state index in [-0.39, 0.29) is 10.8 Å². The molecule has 0 unspecified atom stereocenters. The van der Waals surface area contributed by atoms with Crippen LogP contribution in [0.5, 0.6) is 0 Å². The van der Waals surface area contributed by atoms with Crippen LogP contribution in [0.15, 0.2) is 168 Å². The van der Waals surface area contributed by atoms with Gasteiger partial charge in [0.2, 0.25) is 0 Å². The molecule has 0 bridgehead atoms. The van der Waals surface area contributed by atoms with Crippen LogP contribution < -0.4 is 4.90 Å². The molecule has 11 rings (SSSR count). The number of benzene rings is 8. The summed E-state index contributed by atoms with van der Waals surface area (Å²) in [7, 11) is 0. The highest BCUT2D eigenvalue weighted by atomic mass is 16.3. The van der Waals surface area contributed by atoms with Gasteiger partial charge in [-0.1, -0.05) is 155 Å². The van der Waals surface area contributed by atoms with Gasteiger partial charge >= 0.3 is 0 Å². The number of nitrogens with zero attached hydrogens (tertiary/aromatic N) is 1. The second kappa shape index (κ2) is 11.1. The number of furan rings is 1. The monoisotopic (exact) mass is 693 g/mol. The van der Waals surface area contributed by atoms with Crippen LogP contribution in [0.2, 0.25) is 0 Å². The SMILES string of the molecule is CC1(C)c2ccccc2-c2ccc(N(c3ccc(-c4ccccc4)cc3)c3cccc4c3-c3c(c5c6ccccc6oc5c5ccccc35)C4(C)C)cc21. The van der Waals surface area contributed by atoms with Gasteiger partial charge in [0.15, 0.2) is 0 Å². The first-order valence-corrected chi connectivity index (χ1v) is 19.0. The summed E-state index contributed by atoms with van der Waals surface area (Å²) in [5, 5.41) is 4.77. The molecule has 0 saturated carbocycles. The lowest BCUT2D eigenvalue weighted by Gasteiger charge is -2.30. The Morgan fingerprint density at radius 1 is 0.444 bits per heavy atom. The van der Waals surface area contributed by atoms with Gasteiger partial charge in [0.05, 0.1) is 5.69 Å². The largest absolute Gasteiger partial charge is 0.455 e. The van der Waals surface area contributed by atoms with Crippen LogP contribution in [0.4, 0.5) is 17.1 Å². The van der Waals surface area contributed by atoms with Crippen molar-refractivity contribution in [1.82, 2.24) is 0 Å². The number of fused-ring (bicyclic) bond motifs is 13. The molecule has 0 radical (unpaired) electrons. The van der Waals surface area contributed by atoms with E-state index >= 15 is 0 Å². The van der Waals surface area contributed by atoms with Crippen molar-refractivity contribution < 1.29 is 4.42 Å². The van der Waals surface area contributed by atoms with Crippen LogP contribution in [0.3, 0.4) is 0 Å². The third-order valence-electron chi connectivity index (χ3n) is 12.4. The molecule has 0 N–H and O–H groups in total. The summed E-state index contributed by atoms with van der Waals surface area (Å²) in [4.78, 5) is 2.50. The summed E-state index contributed by atoms with van der Waals surface area (Å²) >= 11 is 0. The fourth-order valence-electron chi connectivity index (χ4n) is 9.86. The predicted octanol–water partition coefficient (Wildman–Crippen LogP) is 14.5. The number of rotatable bonds is 4. The zero-order chi connectivity index (χ0) is 36.3. The summed E-state index contributed by atoms with van der Waals surface area (Å²) in [6, 6.07) is 60.1. The number of hydrogen-bond acceptors (Lipinski definition) is 2. The zero-order valence-corrected chi connectivity index (χ0v) is 30.9. The molecule has 0 aliphatic heterocycles. The van der Waals surface area contributed by atoms with E-state index in [0.717, 1.165) is 27.9 Å². The first-order chi connectivity index (χ1) is 26.3. The summed E-state index contributed by atoms with van der Waals surface area (Å²) in [5.41, 5.74) is 18.0. The normalized spacial score (nSPS) is 14.6. The molecule has 0 fully saturated rings. The number of hydrogen-bond donors (Lipinski definition) is 0. The lowest BCUT2D eigenvalue weighted by Crippen LogP contribution is -2.17. The smallest absolute Gasteiger partial charge is 0.143 e. The molecule has 0 saturated heterocycles. The van der Waals surface area contributed by atoms with Gasteiger partial charge in [0.1, 0.15) is 11.2 Å². The maximum Gasteiger partial charge on any atom is 0.143 e. The van der Waals surface area contributed by atoms with Gasteiger partial charge in [-0.25, -0.2) is 0 Å². The van der Waals surface area contributed by atoms with Crippen molar-refractivity contribution in [3.05, 3.63) is 186 Å². The summed E-state index contributed by atoms with van der Waals surface area (Å²) < 4.78 is 6.73. The van der Waals surface area contributed by atoms with Crippen molar-refractivity contribution in [2.45, 2.75) is 38.5 Å². The molecule has 2 aliphatic rings. The summed E-state index contributed by atoms with van der Waals surface area (Å²) in [6.45, 7) is 9.52. The van der Waals surface area contributed by atoms with Gasteiger partial charge in [-0.3, -0.25) is 0 Å². The Morgan fingerprint density at radius 2 is 1.07 bits per heavy atom. The fourth-order valence-corrected chi connectivity index (χ4v) is 9.86. The highest BCUT2D eigenvalue weighted by molar-refractivity contribution is 6.24. The van der Waals surface area contributed by atoms with Crippen LogP contribution in [0, 0.1) is 0 Å². The molecule has 8 aromatic carbocycles. The molecular formula is C52H39NO. The average Bonchev–Trinajstić information content (AvgIpc) is 3.79. The third-order valence-corrected chi connectivity index (χ3v) is 12.4. The van der Waals surface area contributed by atoms with E-state index < -0.39 is 0 Å². The van der Waals surface area contributed by atoms with Crippen LogP contribution in [0.25, 0.3) is 66.1 Å². The van der Waals surface area contributed by atoms with Gasteiger partial charge in [0.25, 0.3) is 0 Å². The Bertz CT molecular complexity index is 2980. The first kappa shape index (κ1) is 31.2. The maximum atomic E-state index is 6.73. The van der Waals surface area contributed by atoms with E-state index in [2.05, 4.69) is 196 Å². The van der Waals surface area contributed by atoms with Crippen LogP contribution in [-0.4, -0.2) is 0 Å². The molecule has 2 heteroatoms. The van der Waals surface area contributed by atoms with Gasteiger partial charge < -0.3 is 9.32 Å². The minimum absolute atomic E-state index is 0.123. The molecular weight excluding hydrogens is 655 g/mol. The minimum atomic E-state index is -0.278. The Labute approximate surface area is 315 Å². The van der Waals surface area contributed by atoms with Crippen molar-refractivity contribution in [3.8, 4) is 33.4 Å². The molecule has 2 aliphatic carbocycles. The zero-order valence-electron chi connectivity index (χ0n) is 30.9. The topological polar surface area (TPSA) is 16.4 Å². The number of anilines is 3. The predicted molar refractivity (Wildman–Crippen MR) is 226 cm³/mol. The molecule has 0 amide bonds. The van der Waals surface area contributed by atoms with Crippen molar-refractivity contribution in [3.63, 3.8) is 0 Å². The molecule has 0 atom stereocenters. The van der Waals surface area contributed by atoms with Crippen LogP contribution in [0.1, 0.15) is 49.9 Å². The van der Waals surface area contributed by atoms with Gasteiger partial charge in [0, 0.05) is 43.9 Å². The minimum Gasteiger partial charge on any atom is -0.455 e. The molecule has 54 heavy (non-hydrogen) atoms. The molecule has 258 valence electrons. The highest BCUT2D eigenvalue weighted by Gasteiger charge is 2.42. The van der Waals surface area contributed by atoms with E-state index in [4.69, 9.17) is 4.42 Å². The third kappa shape index (κ3) is 4.17. The highest BCUT2D eigenvalue weighted by Crippen LogP contribution is 2.60. The van der Waals surface area contributed by atoms with E-state index in [9.17, 15) is 0 Å². The molecule has 1 aromatic heterocycles. The van der Waals surface area contributed by atoms with E-state index in [1.165, 1.54) is 77.5 Å². The Kier molecular flexibility index (Phi) is 6.39. The Morgan fingerprint density at radius 3 is 1.89 bits per heavy atom. The standard InChI is InChI=1S/C52H39NO/c1-51(2)41-21-12-10-17-36(41)37-30-29-35(31-43(37)51)53(34-27-25-33(26-28-34)32-15-6-5-7-16-32)44-23-14-22-42-48(44)46-38-18-8-9-19-39(38)50-47(49(46)52(42,3)4)40-20-11-13-24-45(40)54-50/h5-31H,1-4H3. The van der Waals surface area contributed by atoms with Gasteiger partial charge in [-0.15, -0.1) is 0 Å². The number of para-hydroxylation sites is 1. The lowest BCUT2D eigenvalue weighted by atomic mass is 9.79. The van der Waals surface area contributed by atoms with E-state index in [0.29, 0.717) is 0 Å². The van der Waals surface area contributed by atoms with Crippen molar-refractivity contribution >= 4 is 49.8 Å². The molecule has 1 heterocycles. The van der Waals surface area contributed by atoms with Crippen LogP contribution in [-0.2, 0) is 10.8 Å². The molecule has 2 nitrogen and oxygen atoms in total. The Balaban J connectivity index is 1.21. The quantitative estimate of drug-likeness (QED) is 0.182. The molecule has 0 spiro atoms. The summed E-state index contributed by atoms with van der Waals surface area (Å²) in [5.74, 6) is 0. The van der Waals surface area contributed by atoms with Crippen LogP contribution >= 0.6 is 0 Å². The van der Waals surface area contributed by atoms with Crippen molar-refractivity contribution in [2.24, 2.45) is 0 Å². The second-order valence-electron chi connectivity index (χ2n) is 16.1. The van der Waals surface area contributed by atoms with E-state index in [1.807, 2.05) is 0 Å². The van der Waals surface area contributed by atoms with Crippen molar-refractivity contribution in [2.75, 3.05) is 4.90 Å². The van der Waals surface area contributed by atoms with E-state index in [1.54, 1.807) is 0 Å². The summed E-state index contributed by atoms with van der Waals surface area (Å²) in [6.07, 6.45) is 0. The average molecular weight is 694 g/mol. The fraction of sp³-hybridized carbons (Fsp3) is 0.115. The second-order valence-corrected chi connectivity index (χ2v) is 16.1. The first-order valence-electron chi connectivity index (χ1n) is 19.0. The lowest BCUT2D eigenvalue weighted by molar-refractivity contribution is 0.659. The maximum absolute atomic E-state index is 6.73. The Hall–Kier alpha value is -6.38.